The van der Waals surface area contributed by atoms with Crippen LogP contribution in [0.1, 0.15) is 72.6 Å². The van der Waals surface area contributed by atoms with Crippen LogP contribution in [-0.4, -0.2) is 14.2 Å². The first-order valence-corrected chi connectivity index (χ1v) is 11.6. The summed E-state index contributed by atoms with van der Waals surface area (Å²) < 4.78 is 29.9. The molecule has 146 valence electrons. The third-order valence-electron chi connectivity index (χ3n) is 4.71. The number of rotatable bonds is 13. The van der Waals surface area contributed by atoms with Gasteiger partial charge in [0.05, 0.1) is 5.75 Å². The normalized spacial score (nSPS) is 11.3. The molecule has 0 aliphatic rings. The van der Waals surface area contributed by atoms with E-state index in [4.69, 9.17) is 4.18 Å². The van der Waals surface area contributed by atoms with Gasteiger partial charge < -0.3 is 5.61 Å². The van der Waals surface area contributed by atoms with Gasteiger partial charge in [0.25, 0.3) is 0 Å². The predicted octanol–water partition coefficient (Wildman–Crippen LogP) is 3.59. The van der Waals surface area contributed by atoms with Crippen molar-refractivity contribution in [3.05, 3.63) is 42.5 Å². The van der Waals surface area contributed by atoms with E-state index in [0.29, 0.717) is 12.2 Å². The van der Waals surface area contributed by atoms with Crippen molar-refractivity contribution in [2.24, 2.45) is 0 Å². The molecule has 2 aromatic rings. The molecular weight excluding hydrogens is 383 g/mol. The summed E-state index contributed by atoms with van der Waals surface area (Å²) in [5, 5.41) is 1.82. The van der Waals surface area contributed by atoms with Gasteiger partial charge in [0.1, 0.15) is 5.75 Å². The van der Waals surface area contributed by atoms with Gasteiger partial charge in [-0.25, -0.2) is 0 Å². The van der Waals surface area contributed by atoms with Gasteiger partial charge in [-0.15, -0.1) is 0 Å². The van der Waals surface area contributed by atoms with Gasteiger partial charge >= 0.3 is 61.5 Å². The molecule has 2 rings (SSSR count). The Morgan fingerprint density at radius 3 is 2.00 bits per heavy atom. The second-order valence-corrected chi connectivity index (χ2v) is 8.69. The zero-order valence-corrected chi connectivity index (χ0v) is 20.9. The van der Waals surface area contributed by atoms with Crippen molar-refractivity contribution >= 4 is 20.9 Å². The van der Waals surface area contributed by atoms with E-state index in [2.05, 4.69) is 6.92 Å². The van der Waals surface area contributed by atoms with Crippen LogP contribution in [0.25, 0.3) is 10.8 Å². The minimum Gasteiger partial charge on any atom is -1.00 e. The Kier molecular flexibility index (Phi) is 13.1. The molecule has 0 spiro atoms. The predicted molar refractivity (Wildman–Crippen MR) is 111 cm³/mol. The molecule has 0 N–H and O–H groups in total. The molecule has 5 heteroatoms. The monoisotopic (exact) mass is 416 g/mol. The number of hydrogen-bond donors (Lipinski definition) is 0. The van der Waals surface area contributed by atoms with Crippen LogP contribution >= 0.6 is 0 Å². The molecule has 0 saturated heterocycles. The molecule has 0 fully saturated rings. The molecular formula is C22H33KO3S. The third-order valence-corrected chi connectivity index (χ3v) is 5.94. The smallest absolute Gasteiger partial charge is 1.00 e. The van der Waals surface area contributed by atoms with Crippen LogP contribution in [-0.2, 0) is 10.1 Å². The SMILES string of the molecule is CCCCCCCCCCCCS(=O)(=O)Oc1cccc2ccccc12.[H-].[K+]. The molecule has 27 heavy (non-hydrogen) atoms. The largest absolute Gasteiger partial charge is 1.00 e. The van der Waals surface area contributed by atoms with Gasteiger partial charge in [0.2, 0.25) is 0 Å². The molecule has 0 radical (unpaired) electrons. The van der Waals surface area contributed by atoms with Crippen LogP contribution in [0.15, 0.2) is 42.5 Å². The number of fused-ring (bicyclic) bond motifs is 1. The maximum absolute atomic E-state index is 12.3. The molecule has 0 unspecified atom stereocenters. The Hall–Kier alpha value is 0.0864. The van der Waals surface area contributed by atoms with Crippen LogP contribution in [0.3, 0.4) is 0 Å². The van der Waals surface area contributed by atoms with Crippen LogP contribution in [0, 0.1) is 0 Å². The zero-order valence-electron chi connectivity index (χ0n) is 18.0. The van der Waals surface area contributed by atoms with Crippen LogP contribution in [0.5, 0.6) is 5.75 Å². The quantitative estimate of drug-likeness (QED) is 0.285. The molecule has 0 aliphatic carbocycles. The average Bonchev–Trinajstić information content (AvgIpc) is 2.63. The van der Waals surface area contributed by atoms with Crippen molar-refractivity contribution in [2.45, 2.75) is 71.1 Å². The summed E-state index contributed by atoms with van der Waals surface area (Å²) in [5.41, 5.74) is 0. The van der Waals surface area contributed by atoms with Gasteiger partial charge in [-0.05, 0) is 17.9 Å². The third kappa shape index (κ3) is 9.91. The number of hydrogen-bond acceptors (Lipinski definition) is 3. The molecule has 3 nitrogen and oxygen atoms in total. The van der Waals surface area contributed by atoms with Gasteiger partial charge in [0, 0.05) is 5.39 Å². The summed E-state index contributed by atoms with van der Waals surface area (Å²) in [6, 6.07) is 13.2. The zero-order chi connectivity index (χ0) is 18.7. The second-order valence-electron chi connectivity index (χ2n) is 7.00. The van der Waals surface area contributed by atoms with E-state index in [1.54, 1.807) is 6.07 Å². The van der Waals surface area contributed by atoms with E-state index >= 15 is 0 Å². The Balaban J connectivity index is 0.00000364. The van der Waals surface area contributed by atoms with Gasteiger partial charge in [-0.1, -0.05) is 101 Å². The minimum atomic E-state index is -3.53. The first-order chi connectivity index (χ1) is 12.6. The summed E-state index contributed by atoms with van der Waals surface area (Å²) in [6.07, 6.45) is 11.8. The van der Waals surface area contributed by atoms with E-state index in [0.717, 1.165) is 23.6 Å². The summed E-state index contributed by atoms with van der Waals surface area (Å²) in [6.45, 7) is 2.23. The van der Waals surface area contributed by atoms with Crippen molar-refractivity contribution in [3.8, 4) is 5.75 Å². The summed E-state index contributed by atoms with van der Waals surface area (Å²) in [7, 11) is -3.53. The Morgan fingerprint density at radius 1 is 0.778 bits per heavy atom. The molecule has 0 amide bonds. The van der Waals surface area contributed by atoms with Crippen molar-refractivity contribution in [1.29, 1.82) is 0 Å². The fraction of sp³-hybridized carbons (Fsp3) is 0.545. The van der Waals surface area contributed by atoms with Crippen molar-refractivity contribution in [3.63, 3.8) is 0 Å². The van der Waals surface area contributed by atoms with Crippen LogP contribution in [0.4, 0.5) is 0 Å². The van der Waals surface area contributed by atoms with Crippen LogP contribution < -0.4 is 55.6 Å². The molecule has 0 saturated carbocycles. The molecule has 0 heterocycles. The molecule has 0 aromatic heterocycles. The fourth-order valence-corrected chi connectivity index (χ4v) is 4.27. The Morgan fingerprint density at radius 2 is 1.33 bits per heavy atom. The van der Waals surface area contributed by atoms with Gasteiger partial charge in [-0.3, -0.25) is 0 Å². The maximum atomic E-state index is 12.3. The standard InChI is InChI=1S/C22H32O3S.K.H/c1-2-3-4-5-6-7-8-9-10-13-19-26(23,24)25-22-18-14-16-20-15-11-12-17-21(20)22;;/h11-12,14-18H,2-10,13,19H2,1H3;;/q;+1;-1. The second kappa shape index (κ2) is 14.1. The fourth-order valence-electron chi connectivity index (χ4n) is 3.21. The topological polar surface area (TPSA) is 43.4 Å². The van der Waals surface area contributed by atoms with Gasteiger partial charge in [0.15, 0.2) is 0 Å². The van der Waals surface area contributed by atoms with Crippen molar-refractivity contribution < 1.29 is 65.4 Å². The van der Waals surface area contributed by atoms with E-state index < -0.39 is 10.1 Å². The van der Waals surface area contributed by atoms with E-state index in [1.165, 1.54) is 44.9 Å². The summed E-state index contributed by atoms with van der Waals surface area (Å²) in [4.78, 5) is 0. The molecule has 0 bridgehead atoms. The molecule has 2 aromatic carbocycles. The summed E-state index contributed by atoms with van der Waals surface area (Å²) >= 11 is 0. The molecule has 0 atom stereocenters. The van der Waals surface area contributed by atoms with Gasteiger partial charge in [-0.2, -0.15) is 8.42 Å². The first-order valence-electron chi connectivity index (χ1n) is 10.0. The number of unbranched alkanes of at least 4 members (excludes halogenated alkanes) is 9. The molecule has 0 aliphatic heterocycles. The van der Waals surface area contributed by atoms with E-state index in [1.807, 2.05) is 36.4 Å². The average molecular weight is 417 g/mol. The maximum Gasteiger partial charge on any atom is 1.00 e. The minimum absolute atomic E-state index is 0. The Labute approximate surface area is 209 Å². The first kappa shape index (κ1) is 25.1. The number of benzene rings is 2. The van der Waals surface area contributed by atoms with E-state index in [9.17, 15) is 8.42 Å². The van der Waals surface area contributed by atoms with Crippen molar-refractivity contribution in [1.82, 2.24) is 0 Å². The summed E-state index contributed by atoms with van der Waals surface area (Å²) in [5.74, 6) is 0.516. The van der Waals surface area contributed by atoms with Crippen molar-refractivity contribution in [2.75, 3.05) is 5.75 Å². The van der Waals surface area contributed by atoms with E-state index in [-0.39, 0.29) is 58.6 Å². The van der Waals surface area contributed by atoms with Crippen LogP contribution in [0.2, 0.25) is 0 Å². The Bertz CT molecular complexity index is 760.